The van der Waals surface area contributed by atoms with E-state index in [4.69, 9.17) is 0 Å². The number of carbonyl (C=O) groups is 1. The van der Waals surface area contributed by atoms with Gasteiger partial charge in [0, 0.05) is 19.5 Å². The van der Waals surface area contributed by atoms with Crippen LogP contribution in [0.1, 0.15) is 15.4 Å². The molecule has 1 amide bonds. The third kappa shape index (κ3) is 3.85. The topological polar surface area (TPSA) is 84.3 Å². The predicted octanol–water partition coefficient (Wildman–Crippen LogP) is 4.04. The molecule has 160 valence electrons. The Morgan fingerprint density at radius 2 is 1.81 bits per heavy atom. The third-order valence-corrected chi connectivity index (χ3v) is 7.72. The summed E-state index contributed by atoms with van der Waals surface area (Å²) < 4.78 is 41.2. The van der Waals surface area contributed by atoms with E-state index in [0.717, 1.165) is 20.2 Å². The molecular formula is C21H19FN4O3S2. The minimum Gasteiger partial charge on any atom is -0.320 e. The highest BCUT2D eigenvalue weighted by Gasteiger charge is 2.23. The average molecular weight is 459 g/mol. The fourth-order valence-electron chi connectivity index (χ4n) is 3.09. The summed E-state index contributed by atoms with van der Waals surface area (Å²) >= 11 is 1.23. The summed E-state index contributed by atoms with van der Waals surface area (Å²) in [6.07, 6.45) is 0. The SMILES string of the molecule is Cc1nn(-c2ccc(F)cc2)c2sc(C(=O)Nc3ccccc3S(=O)(=O)N(C)C)cc12. The summed E-state index contributed by atoms with van der Waals surface area (Å²) in [6, 6.07) is 13.9. The summed E-state index contributed by atoms with van der Waals surface area (Å²) in [5, 5.41) is 8.00. The number of aryl methyl sites for hydroxylation is 1. The first-order valence-corrected chi connectivity index (χ1v) is 11.5. The third-order valence-electron chi connectivity index (χ3n) is 4.73. The standard InChI is InChI=1S/C21H19FN4O3S2/c1-13-16-12-18(30-21(16)26(24-13)15-10-8-14(22)9-11-15)20(27)23-17-6-4-5-7-19(17)31(28,29)25(2)3/h4-12H,1-3H3,(H,23,27). The minimum atomic E-state index is -3.72. The number of aromatic nitrogens is 2. The van der Waals surface area contributed by atoms with Crippen molar-refractivity contribution in [2.45, 2.75) is 11.8 Å². The van der Waals surface area contributed by atoms with Crippen molar-refractivity contribution in [2.75, 3.05) is 19.4 Å². The normalized spacial score (nSPS) is 11.9. The first-order chi connectivity index (χ1) is 14.7. The van der Waals surface area contributed by atoms with E-state index in [2.05, 4.69) is 10.4 Å². The summed E-state index contributed by atoms with van der Waals surface area (Å²) in [5.41, 5.74) is 1.61. The van der Waals surface area contributed by atoms with Gasteiger partial charge in [0.1, 0.15) is 15.5 Å². The molecule has 0 bridgehead atoms. The molecule has 7 nitrogen and oxygen atoms in total. The Kier molecular flexibility index (Phi) is 5.38. The van der Waals surface area contributed by atoms with Crippen LogP contribution in [0.25, 0.3) is 15.9 Å². The lowest BCUT2D eigenvalue weighted by atomic mass is 10.3. The second kappa shape index (κ2) is 7.88. The predicted molar refractivity (Wildman–Crippen MR) is 119 cm³/mol. The van der Waals surface area contributed by atoms with E-state index >= 15 is 0 Å². The largest absolute Gasteiger partial charge is 0.320 e. The van der Waals surface area contributed by atoms with Gasteiger partial charge in [0.2, 0.25) is 10.0 Å². The molecule has 31 heavy (non-hydrogen) atoms. The van der Waals surface area contributed by atoms with Crippen molar-refractivity contribution in [2.24, 2.45) is 0 Å². The van der Waals surface area contributed by atoms with Crippen molar-refractivity contribution < 1.29 is 17.6 Å². The lowest BCUT2D eigenvalue weighted by molar-refractivity contribution is 0.103. The first-order valence-electron chi connectivity index (χ1n) is 9.26. The maximum absolute atomic E-state index is 13.3. The summed E-state index contributed by atoms with van der Waals surface area (Å²) in [7, 11) is -0.856. The molecule has 0 aliphatic carbocycles. The number of hydrogen-bond donors (Lipinski definition) is 1. The van der Waals surface area contributed by atoms with Crippen LogP contribution in [-0.2, 0) is 10.0 Å². The highest BCUT2D eigenvalue weighted by atomic mass is 32.2. The van der Waals surface area contributed by atoms with Gasteiger partial charge >= 0.3 is 0 Å². The van der Waals surface area contributed by atoms with Gasteiger partial charge in [0.05, 0.1) is 21.9 Å². The number of para-hydroxylation sites is 1. The number of sulfonamides is 1. The van der Waals surface area contributed by atoms with Crippen molar-refractivity contribution in [3.63, 3.8) is 0 Å². The van der Waals surface area contributed by atoms with E-state index in [1.807, 2.05) is 6.92 Å². The van der Waals surface area contributed by atoms with Crippen LogP contribution in [0.2, 0.25) is 0 Å². The van der Waals surface area contributed by atoms with Crippen molar-refractivity contribution >= 4 is 43.2 Å². The maximum Gasteiger partial charge on any atom is 0.265 e. The molecule has 0 aliphatic rings. The number of benzene rings is 2. The molecule has 10 heteroatoms. The van der Waals surface area contributed by atoms with Gasteiger partial charge in [-0.25, -0.2) is 21.8 Å². The molecule has 2 heterocycles. The van der Waals surface area contributed by atoms with Crippen LogP contribution in [0.4, 0.5) is 10.1 Å². The van der Waals surface area contributed by atoms with Crippen LogP contribution < -0.4 is 5.32 Å². The maximum atomic E-state index is 13.3. The average Bonchev–Trinajstić information content (AvgIpc) is 3.30. The van der Waals surface area contributed by atoms with Gasteiger partial charge in [-0.2, -0.15) is 5.10 Å². The molecule has 0 spiro atoms. The lowest BCUT2D eigenvalue weighted by Gasteiger charge is -2.15. The van der Waals surface area contributed by atoms with Gasteiger partial charge in [-0.3, -0.25) is 4.79 Å². The summed E-state index contributed by atoms with van der Waals surface area (Å²) in [4.78, 5) is 14.1. The fraction of sp³-hybridized carbons (Fsp3) is 0.143. The second-order valence-electron chi connectivity index (χ2n) is 7.04. The number of amides is 1. The highest BCUT2D eigenvalue weighted by molar-refractivity contribution is 7.89. The highest BCUT2D eigenvalue weighted by Crippen LogP contribution is 2.31. The van der Waals surface area contributed by atoms with Gasteiger partial charge in [0.15, 0.2) is 0 Å². The Morgan fingerprint density at radius 3 is 2.48 bits per heavy atom. The Balaban J connectivity index is 1.71. The van der Waals surface area contributed by atoms with Gasteiger partial charge < -0.3 is 5.32 Å². The molecule has 0 saturated heterocycles. The number of nitrogens with zero attached hydrogens (tertiary/aromatic N) is 3. The number of hydrogen-bond acceptors (Lipinski definition) is 5. The molecule has 0 radical (unpaired) electrons. The number of halogens is 1. The van der Waals surface area contributed by atoms with Gasteiger partial charge in [-0.15, -0.1) is 11.3 Å². The van der Waals surface area contributed by atoms with E-state index in [0.29, 0.717) is 10.6 Å². The molecular weight excluding hydrogens is 439 g/mol. The zero-order chi connectivity index (χ0) is 22.3. The van der Waals surface area contributed by atoms with Crippen molar-refractivity contribution in [3.8, 4) is 5.69 Å². The van der Waals surface area contributed by atoms with E-state index < -0.39 is 15.9 Å². The van der Waals surface area contributed by atoms with Crippen LogP contribution in [0, 0.1) is 12.7 Å². The van der Waals surface area contributed by atoms with Gasteiger partial charge in [0.25, 0.3) is 5.91 Å². The molecule has 0 fully saturated rings. The zero-order valence-electron chi connectivity index (χ0n) is 17.0. The Bertz CT molecular complexity index is 1390. The van der Waals surface area contributed by atoms with Crippen LogP contribution in [0.3, 0.4) is 0 Å². The number of fused-ring (bicyclic) bond motifs is 1. The van der Waals surface area contributed by atoms with Crippen LogP contribution in [0.15, 0.2) is 59.5 Å². The van der Waals surface area contributed by atoms with E-state index in [9.17, 15) is 17.6 Å². The lowest BCUT2D eigenvalue weighted by Crippen LogP contribution is -2.24. The molecule has 0 aliphatic heterocycles. The molecule has 4 rings (SSSR count). The van der Waals surface area contributed by atoms with Crippen LogP contribution in [0.5, 0.6) is 0 Å². The van der Waals surface area contributed by atoms with E-state index in [-0.39, 0.29) is 16.4 Å². The van der Waals surface area contributed by atoms with Crippen LogP contribution in [-0.4, -0.2) is 42.5 Å². The molecule has 0 unspecified atom stereocenters. The number of carbonyl (C=O) groups excluding carboxylic acids is 1. The number of nitrogens with one attached hydrogen (secondary N) is 1. The Morgan fingerprint density at radius 1 is 1.13 bits per heavy atom. The molecule has 0 saturated carbocycles. The minimum absolute atomic E-state index is 0.0168. The summed E-state index contributed by atoms with van der Waals surface area (Å²) in [6.45, 7) is 1.83. The monoisotopic (exact) mass is 458 g/mol. The van der Waals surface area contributed by atoms with Crippen molar-refractivity contribution in [3.05, 3.63) is 71.0 Å². The first kappa shape index (κ1) is 21.2. The molecule has 2 aromatic heterocycles. The van der Waals surface area contributed by atoms with Gasteiger partial charge in [-0.05, 0) is 49.4 Å². The number of anilines is 1. The Labute approximate surface area is 182 Å². The second-order valence-corrected chi connectivity index (χ2v) is 10.2. The quantitative estimate of drug-likeness (QED) is 0.489. The van der Waals surface area contributed by atoms with Crippen molar-refractivity contribution in [1.29, 1.82) is 0 Å². The number of rotatable bonds is 5. The van der Waals surface area contributed by atoms with Gasteiger partial charge in [-0.1, -0.05) is 12.1 Å². The zero-order valence-corrected chi connectivity index (χ0v) is 18.6. The fourth-order valence-corrected chi connectivity index (χ4v) is 5.21. The molecule has 4 aromatic rings. The van der Waals surface area contributed by atoms with Crippen molar-refractivity contribution in [1.82, 2.24) is 14.1 Å². The van der Waals surface area contributed by atoms with E-state index in [1.165, 1.54) is 43.6 Å². The van der Waals surface area contributed by atoms with E-state index in [1.54, 1.807) is 41.1 Å². The Hall–Kier alpha value is -3.08. The smallest absolute Gasteiger partial charge is 0.265 e. The number of thiophene rings is 1. The van der Waals surface area contributed by atoms with Crippen LogP contribution >= 0.6 is 11.3 Å². The molecule has 2 aromatic carbocycles. The molecule has 1 N–H and O–H groups in total. The molecule has 0 atom stereocenters. The summed E-state index contributed by atoms with van der Waals surface area (Å²) in [5.74, 6) is -0.769.